The van der Waals surface area contributed by atoms with Gasteiger partial charge in [-0.15, -0.1) is 0 Å². The molecule has 12 nitrogen and oxygen atoms in total. The van der Waals surface area contributed by atoms with Crippen LogP contribution < -0.4 is 15.3 Å². The maximum atomic E-state index is 9.88. The molecular weight excluding hydrogens is 380 g/mol. The van der Waals surface area contributed by atoms with Gasteiger partial charge in [0.1, 0.15) is 0 Å². The van der Waals surface area contributed by atoms with Crippen LogP contribution in [0.3, 0.4) is 0 Å². The second-order valence-corrected chi connectivity index (χ2v) is 3.77. The average molecular weight is 389 g/mol. The van der Waals surface area contributed by atoms with Crippen LogP contribution in [0.4, 0.5) is 0 Å². The Kier molecular flexibility index (Phi) is 9.62. The Labute approximate surface area is 149 Å². The van der Waals surface area contributed by atoms with Crippen molar-refractivity contribution in [1.82, 2.24) is 30.6 Å². The van der Waals surface area contributed by atoms with Gasteiger partial charge in [-0.2, -0.15) is 15.3 Å². The van der Waals surface area contributed by atoms with E-state index in [-0.39, 0.29) is 34.2 Å². The van der Waals surface area contributed by atoms with Gasteiger partial charge in [0.15, 0.2) is 0 Å². The molecule has 3 heterocycles. The molecule has 3 aromatic rings. The van der Waals surface area contributed by atoms with Crippen LogP contribution in [-0.4, -0.2) is 48.5 Å². The fourth-order valence-corrected chi connectivity index (χ4v) is 1.11. The number of H-pyrrole nitrogens is 3. The largest absolute Gasteiger partial charge is 3.00 e. The molecule has 0 fully saturated rings. The smallest absolute Gasteiger partial charge is 0.543 e. The number of carboxylic acids is 3. The first kappa shape index (κ1) is 21.6. The predicted octanol–water partition coefficient (Wildman–Crippen LogP) is -3.68. The average Bonchev–Trinajstić information content (AvgIpc) is 3.29. The van der Waals surface area contributed by atoms with Gasteiger partial charge in [0.05, 0.1) is 35.0 Å². The Morgan fingerprint density at radius 3 is 0.960 bits per heavy atom. The van der Waals surface area contributed by atoms with Crippen molar-refractivity contribution >= 4 is 17.9 Å². The van der Waals surface area contributed by atoms with Crippen molar-refractivity contribution in [2.45, 2.75) is 0 Å². The van der Waals surface area contributed by atoms with Crippen molar-refractivity contribution < 1.29 is 46.8 Å². The number of aromatic carboxylic acids is 3. The molecule has 3 rings (SSSR count). The molecule has 0 bridgehead atoms. The van der Waals surface area contributed by atoms with Crippen LogP contribution in [0.2, 0.25) is 0 Å². The van der Waals surface area contributed by atoms with Gasteiger partial charge in [-0.1, -0.05) is 0 Å². The Bertz CT molecular complexity index is 651. The summed E-state index contributed by atoms with van der Waals surface area (Å²) in [7, 11) is 0. The van der Waals surface area contributed by atoms with E-state index in [0.717, 1.165) is 0 Å². The SMILES string of the molecule is O=C([O-])c1ccn[nH]1.O=C([O-])c1ccn[nH]1.O=C([O-])c1ccn[nH]1.[Fe+3]. The van der Waals surface area contributed by atoms with E-state index in [4.69, 9.17) is 0 Å². The molecular formula is C12H9FeN6O6. The van der Waals surface area contributed by atoms with Gasteiger partial charge in [0.25, 0.3) is 0 Å². The summed E-state index contributed by atoms with van der Waals surface area (Å²) in [6.07, 6.45) is 4.06. The third kappa shape index (κ3) is 8.10. The van der Waals surface area contributed by atoms with Crippen LogP contribution >= 0.6 is 0 Å². The van der Waals surface area contributed by atoms with Gasteiger partial charge < -0.3 is 29.7 Å². The van der Waals surface area contributed by atoms with Crippen molar-refractivity contribution in [1.29, 1.82) is 0 Å². The number of hydrogen-bond donors (Lipinski definition) is 3. The topological polar surface area (TPSA) is 206 Å². The molecule has 13 heteroatoms. The number of nitrogens with zero attached hydrogens (tertiary/aromatic N) is 3. The number of nitrogens with one attached hydrogen (secondary N) is 3. The number of carbonyl (C=O) groups excluding carboxylic acids is 3. The molecule has 0 aromatic carbocycles. The Balaban J connectivity index is 0.000000339. The van der Waals surface area contributed by atoms with Crippen molar-refractivity contribution in [2.75, 3.05) is 0 Å². The molecule has 25 heavy (non-hydrogen) atoms. The van der Waals surface area contributed by atoms with Gasteiger partial charge in [0.2, 0.25) is 0 Å². The number of hydrogen-bond acceptors (Lipinski definition) is 9. The first-order valence-electron chi connectivity index (χ1n) is 6.04. The summed E-state index contributed by atoms with van der Waals surface area (Å²) in [6, 6.07) is 3.99. The van der Waals surface area contributed by atoms with E-state index in [9.17, 15) is 29.7 Å². The fraction of sp³-hybridized carbons (Fsp3) is 0. The second kappa shape index (κ2) is 11.2. The molecule has 0 amide bonds. The van der Waals surface area contributed by atoms with Gasteiger partial charge in [-0.25, -0.2) is 0 Å². The zero-order valence-electron chi connectivity index (χ0n) is 12.1. The molecule has 1 radical (unpaired) electrons. The van der Waals surface area contributed by atoms with Gasteiger partial charge in [-0.3, -0.25) is 15.3 Å². The summed E-state index contributed by atoms with van der Waals surface area (Å²) >= 11 is 0. The Morgan fingerprint density at radius 1 is 0.640 bits per heavy atom. The summed E-state index contributed by atoms with van der Waals surface area (Å²) < 4.78 is 0. The van der Waals surface area contributed by atoms with E-state index in [1.54, 1.807) is 0 Å². The minimum Gasteiger partial charge on any atom is -0.543 e. The van der Waals surface area contributed by atoms with Crippen molar-refractivity contribution in [2.24, 2.45) is 0 Å². The van der Waals surface area contributed by atoms with Crippen LogP contribution in [-0.2, 0) is 17.1 Å². The third-order valence-corrected chi connectivity index (χ3v) is 2.16. The minimum absolute atomic E-state index is 0. The Morgan fingerprint density at radius 2 is 0.880 bits per heavy atom. The van der Waals surface area contributed by atoms with Crippen LogP contribution in [0, 0.1) is 0 Å². The molecule has 0 aliphatic heterocycles. The van der Waals surface area contributed by atoms with Crippen LogP contribution in [0.1, 0.15) is 31.5 Å². The molecule has 0 saturated heterocycles. The maximum absolute atomic E-state index is 9.88. The summed E-state index contributed by atoms with van der Waals surface area (Å²) in [4.78, 5) is 29.6. The van der Waals surface area contributed by atoms with Crippen molar-refractivity contribution in [3.8, 4) is 0 Å². The molecule has 3 aromatic heterocycles. The van der Waals surface area contributed by atoms with E-state index in [0.29, 0.717) is 0 Å². The summed E-state index contributed by atoms with van der Waals surface area (Å²) in [5.74, 6) is -3.70. The maximum Gasteiger partial charge on any atom is 3.00 e. The van der Waals surface area contributed by atoms with E-state index < -0.39 is 17.9 Å². The molecule has 3 N–H and O–H groups in total. The first-order chi connectivity index (χ1) is 11.4. The van der Waals surface area contributed by atoms with Crippen LogP contribution in [0.5, 0.6) is 0 Å². The van der Waals surface area contributed by atoms with E-state index in [2.05, 4.69) is 30.6 Å². The fourth-order valence-electron chi connectivity index (χ4n) is 1.11. The molecule has 0 aliphatic rings. The van der Waals surface area contributed by atoms with Gasteiger partial charge in [-0.05, 0) is 18.2 Å². The standard InChI is InChI=1S/3C4H4N2O2.Fe/c3*7-4(8)3-1-2-5-6-3;/h3*1-2H,(H,5,6)(H,7,8);/q;;;+3/p-3. The number of aromatic amines is 3. The minimum atomic E-state index is -1.23. The number of carboxylic acid groups (broad SMARTS) is 3. The van der Waals surface area contributed by atoms with Crippen molar-refractivity contribution in [3.63, 3.8) is 0 Å². The molecule has 131 valence electrons. The molecule has 0 spiro atoms. The molecule has 0 atom stereocenters. The Hall–Kier alpha value is -3.44. The van der Waals surface area contributed by atoms with E-state index in [1.165, 1.54) is 36.8 Å². The molecule has 0 unspecified atom stereocenters. The van der Waals surface area contributed by atoms with E-state index >= 15 is 0 Å². The number of carbonyl (C=O) groups is 3. The monoisotopic (exact) mass is 389 g/mol. The van der Waals surface area contributed by atoms with Gasteiger partial charge in [0, 0.05) is 18.6 Å². The van der Waals surface area contributed by atoms with Gasteiger partial charge >= 0.3 is 17.1 Å². The zero-order valence-corrected chi connectivity index (χ0v) is 13.2. The zero-order chi connectivity index (χ0) is 17.9. The molecule has 0 saturated carbocycles. The van der Waals surface area contributed by atoms with Crippen LogP contribution in [0.25, 0.3) is 0 Å². The summed E-state index contributed by atoms with van der Waals surface area (Å²) in [5, 5.41) is 46.5. The predicted molar refractivity (Wildman–Crippen MR) is 68.8 cm³/mol. The third-order valence-electron chi connectivity index (χ3n) is 2.16. The second-order valence-electron chi connectivity index (χ2n) is 3.77. The number of aromatic nitrogens is 6. The van der Waals surface area contributed by atoms with E-state index in [1.807, 2.05) is 0 Å². The number of rotatable bonds is 3. The van der Waals surface area contributed by atoms with Crippen LogP contribution in [0.15, 0.2) is 36.8 Å². The first-order valence-corrected chi connectivity index (χ1v) is 6.04. The summed E-state index contributed by atoms with van der Waals surface area (Å²) in [6.45, 7) is 0. The normalized spacial score (nSPS) is 8.64. The quantitative estimate of drug-likeness (QED) is 0.376. The summed E-state index contributed by atoms with van der Waals surface area (Å²) in [5.41, 5.74) is 0.0139. The molecule has 0 aliphatic carbocycles. The van der Waals surface area contributed by atoms with Crippen molar-refractivity contribution in [3.05, 3.63) is 53.9 Å².